The lowest BCUT2D eigenvalue weighted by Crippen LogP contribution is -2.36. The summed E-state index contributed by atoms with van der Waals surface area (Å²) in [5.41, 5.74) is 5.86. The molecule has 2 heterocycles. The van der Waals surface area contributed by atoms with Crippen LogP contribution in [0.15, 0.2) is 47.7 Å². The van der Waals surface area contributed by atoms with Crippen LogP contribution in [0, 0.1) is 6.92 Å². The monoisotopic (exact) mass is 307 g/mol. The van der Waals surface area contributed by atoms with Gasteiger partial charge in [-0.05, 0) is 44.7 Å². The molecule has 118 valence electrons. The molecule has 0 spiro atoms. The average molecular weight is 307 g/mol. The van der Waals surface area contributed by atoms with E-state index in [1.807, 2.05) is 46.8 Å². The molecule has 0 radical (unpaired) electrons. The van der Waals surface area contributed by atoms with Gasteiger partial charge in [0.15, 0.2) is 0 Å². The maximum absolute atomic E-state index is 12.8. The van der Waals surface area contributed by atoms with Crippen molar-refractivity contribution in [1.29, 1.82) is 0 Å². The number of carbonyl (C=O) groups is 1. The normalized spacial score (nSPS) is 17.5. The average Bonchev–Trinajstić information content (AvgIpc) is 3.38. The van der Waals surface area contributed by atoms with Gasteiger partial charge >= 0.3 is 0 Å². The summed E-state index contributed by atoms with van der Waals surface area (Å²) >= 11 is 0. The number of allylic oxidation sites excluding steroid dienone is 1. The van der Waals surface area contributed by atoms with Crippen molar-refractivity contribution in [3.8, 4) is 5.69 Å². The van der Waals surface area contributed by atoms with Gasteiger partial charge in [-0.3, -0.25) is 4.79 Å². The smallest absolute Gasteiger partial charge is 0.257 e. The van der Waals surface area contributed by atoms with Crippen LogP contribution in [0.4, 0.5) is 0 Å². The minimum Gasteiger partial charge on any atom is -0.338 e. The Morgan fingerprint density at radius 1 is 1.00 bits per heavy atom. The summed E-state index contributed by atoms with van der Waals surface area (Å²) in [6.07, 6.45) is 6.37. The molecule has 4 rings (SSSR count). The highest BCUT2D eigenvalue weighted by atomic mass is 16.2. The third-order valence-corrected chi connectivity index (χ3v) is 4.90. The first kappa shape index (κ1) is 14.2. The third-order valence-electron chi connectivity index (χ3n) is 4.90. The molecule has 1 aromatic heterocycles. The Kier molecular flexibility index (Phi) is 3.52. The quantitative estimate of drug-likeness (QED) is 0.796. The molecule has 4 nitrogen and oxygen atoms in total. The third kappa shape index (κ3) is 2.69. The number of para-hydroxylation sites is 1. The molecule has 0 atom stereocenters. The van der Waals surface area contributed by atoms with Crippen molar-refractivity contribution in [1.82, 2.24) is 14.7 Å². The molecule has 0 unspecified atom stereocenters. The summed E-state index contributed by atoms with van der Waals surface area (Å²) in [5.74, 6) is 0.115. The van der Waals surface area contributed by atoms with Crippen molar-refractivity contribution in [2.24, 2.45) is 0 Å². The molecule has 1 saturated carbocycles. The highest BCUT2D eigenvalue weighted by Gasteiger charge is 2.26. The van der Waals surface area contributed by atoms with Crippen molar-refractivity contribution in [2.75, 3.05) is 13.1 Å². The Hall–Kier alpha value is -2.36. The van der Waals surface area contributed by atoms with Crippen molar-refractivity contribution in [2.45, 2.75) is 32.6 Å². The van der Waals surface area contributed by atoms with E-state index < -0.39 is 0 Å². The number of hydrogen-bond donors (Lipinski definition) is 0. The summed E-state index contributed by atoms with van der Waals surface area (Å²) in [7, 11) is 0. The predicted molar refractivity (Wildman–Crippen MR) is 89.7 cm³/mol. The van der Waals surface area contributed by atoms with Gasteiger partial charge in [0, 0.05) is 13.1 Å². The van der Waals surface area contributed by atoms with Crippen LogP contribution in [0.5, 0.6) is 0 Å². The fourth-order valence-corrected chi connectivity index (χ4v) is 3.37. The number of amides is 1. The van der Waals surface area contributed by atoms with E-state index in [1.54, 1.807) is 17.3 Å². The predicted octanol–water partition coefficient (Wildman–Crippen LogP) is 3.51. The molecular weight excluding hydrogens is 286 g/mol. The van der Waals surface area contributed by atoms with E-state index in [1.165, 1.54) is 12.8 Å². The first-order valence-electron chi connectivity index (χ1n) is 8.33. The van der Waals surface area contributed by atoms with Gasteiger partial charge in [-0.15, -0.1) is 0 Å². The van der Waals surface area contributed by atoms with Gasteiger partial charge < -0.3 is 4.90 Å². The van der Waals surface area contributed by atoms with Crippen LogP contribution in [0.2, 0.25) is 0 Å². The molecule has 4 heteroatoms. The molecule has 1 aliphatic carbocycles. The second-order valence-corrected chi connectivity index (χ2v) is 6.39. The zero-order valence-corrected chi connectivity index (χ0v) is 13.5. The molecule has 1 saturated heterocycles. The van der Waals surface area contributed by atoms with Gasteiger partial charge in [-0.25, -0.2) is 4.68 Å². The number of aromatic nitrogens is 2. The second kappa shape index (κ2) is 5.69. The van der Waals surface area contributed by atoms with Gasteiger partial charge in [0.1, 0.15) is 0 Å². The van der Waals surface area contributed by atoms with E-state index in [9.17, 15) is 4.79 Å². The van der Waals surface area contributed by atoms with Gasteiger partial charge in [0.2, 0.25) is 0 Å². The van der Waals surface area contributed by atoms with Gasteiger partial charge in [0.05, 0.1) is 23.1 Å². The molecule has 23 heavy (non-hydrogen) atoms. The lowest BCUT2D eigenvalue weighted by atomic mass is 10.0. The van der Waals surface area contributed by atoms with Crippen molar-refractivity contribution in [3.63, 3.8) is 0 Å². The van der Waals surface area contributed by atoms with Gasteiger partial charge in [0.25, 0.3) is 5.91 Å². The minimum absolute atomic E-state index is 0.115. The number of benzene rings is 1. The molecule has 2 aromatic rings. The Morgan fingerprint density at radius 3 is 2.30 bits per heavy atom. The van der Waals surface area contributed by atoms with E-state index >= 15 is 0 Å². The van der Waals surface area contributed by atoms with Crippen molar-refractivity contribution >= 4 is 5.91 Å². The van der Waals surface area contributed by atoms with Crippen molar-refractivity contribution < 1.29 is 4.79 Å². The van der Waals surface area contributed by atoms with E-state index in [2.05, 4.69) is 5.10 Å². The number of nitrogens with zero attached hydrogens (tertiary/aromatic N) is 3. The van der Waals surface area contributed by atoms with Crippen molar-refractivity contribution in [3.05, 3.63) is 58.9 Å². The SMILES string of the molecule is Cc1c(C(=O)N2CCC(=C3CC3)CC2)cnn1-c1ccccc1. The van der Waals surface area contributed by atoms with E-state index in [4.69, 9.17) is 0 Å². The summed E-state index contributed by atoms with van der Waals surface area (Å²) in [4.78, 5) is 14.8. The van der Waals surface area contributed by atoms with Crippen LogP contribution in [0.3, 0.4) is 0 Å². The number of piperidine rings is 1. The van der Waals surface area contributed by atoms with E-state index in [0.29, 0.717) is 0 Å². The van der Waals surface area contributed by atoms with Crippen LogP contribution >= 0.6 is 0 Å². The lowest BCUT2D eigenvalue weighted by molar-refractivity contribution is 0.0742. The molecule has 1 aliphatic heterocycles. The molecule has 2 fully saturated rings. The van der Waals surface area contributed by atoms with Gasteiger partial charge in [-0.1, -0.05) is 29.3 Å². The molecule has 1 aromatic carbocycles. The molecular formula is C19H21N3O. The fourth-order valence-electron chi connectivity index (χ4n) is 3.37. The zero-order chi connectivity index (χ0) is 15.8. The fraction of sp³-hybridized carbons (Fsp3) is 0.368. The Labute approximate surface area is 136 Å². The number of likely N-dealkylation sites (tertiary alicyclic amines) is 1. The molecule has 0 bridgehead atoms. The highest BCUT2D eigenvalue weighted by molar-refractivity contribution is 5.95. The van der Waals surface area contributed by atoms with E-state index in [0.717, 1.165) is 42.9 Å². The highest BCUT2D eigenvalue weighted by Crippen LogP contribution is 2.36. The minimum atomic E-state index is 0.115. The largest absolute Gasteiger partial charge is 0.338 e. The first-order valence-corrected chi connectivity index (χ1v) is 8.33. The molecule has 0 N–H and O–H groups in total. The Morgan fingerprint density at radius 2 is 1.65 bits per heavy atom. The number of carbonyl (C=O) groups excluding carboxylic acids is 1. The summed E-state index contributed by atoms with van der Waals surface area (Å²) in [6, 6.07) is 9.95. The lowest BCUT2D eigenvalue weighted by Gasteiger charge is -2.28. The second-order valence-electron chi connectivity index (χ2n) is 6.39. The number of hydrogen-bond acceptors (Lipinski definition) is 2. The zero-order valence-electron chi connectivity index (χ0n) is 13.5. The Balaban J connectivity index is 1.53. The maximum atomic E-state index is 12.8. The Bertz CT molecular complexity index is 757. The topological polar surface area (TPSA) is 38.1 Å². The number of rotatable bonds is 2. The van der Waals surface area contributed by atoms with Crippen LogP contribution in [0.1, 0.15) is 41.7 Å². The summed E-state index contributed by atoms with van der Waals surface area (Å²) in [5, 5.41) is 4.41. The molecule has 2 aliphatic rings. The van der Waals surface area contributed by atoms with Crippen LogP contribution < -0.4 is 0 Å². The van der Waals surface area contributed by atoms with E-state index in [-0.39, 0.29) is 5.91 Å². The first-order chi connectivity index (χ1) is 11.2. The van der Waals surface area contributed by atoms with Crippen LogP contribution in [0.25, 0.3) is 5.69 Å². The van der Waals surface area contributed by atoms with Crippen LogP contribution in [-0.2, 0) is 0 Å². The summed E-state index contributed by atoms with van der Waals surface area (Å²) < 4.78 is 1.84. The van der Waals surface area contributed by atoms with Gasteiger partial charge in [-0.2, -0.15) is 5.10 Å². The standard InChI is InChI=1S/C19H21N3O/c1-14-18(13-20-22(14)17-5-3-2-4-6-17)19(23)21-11-9-16(10-12-21)15-7-8-15/h2-6,13H,7-12H2,1H3. The maximum Gasteiger partial charge on any atom is 0.257 e. The molecule has 1 amide bonds. The van der Waals surface area contributed by atoms with Crippen LogP contribution in [-0.4, -0.2) is 33.7 Å². The summed E-state index contributed by atoms with van der Waals surface area (Å²) in [6.45, 7) is 3.65.